The molecule has 4 N–H and O–H groups in total. The first-order valence-corrected chi connectivity index (χ1v) is 9.68. The van der Waals surface area contributed by atoms with Crippen LogP contribution in [0.1, 0.15) is 40.0 Å². The summed E-state index contributed by atoms with van der Waals surface area (Å²) < 4.78 is 5.59. The van der Waals surface area contributed by atoms with Crippen LogP contribution in [0.15, 0.2) is 73.1 Å². The van der Waals surface area contributed by atoms with Crippen LogP contribution in [0.2, 0.25) is 0 Å². The molecule has 2 atom stereocenters. The molecule has 7 nitrogen and oxygen atoms in total. The fourth-order valence-electron chi connectivity index (χ4n) is 3.37. The molecule has 2 aromatic carbocycles. The van der Waals surface area contributed by atoms with Crippen molar-refractivity contribution >= 4 is 17.5 Å². The topological polar surface area (TPSA) is 106 Å². The quantitative estimate of drug-likeness (QED) is 0.588. The second kappa shape index (κ2) is 8.75. The molecule has 0 bridgehead atoms. The molecule has 0 radical (unpaired) electrons. The number of rotatable bonds is 6. The highest BCUT2D eigenvalue weighted by Gasteiger charge is 2.25. The number of nitrogens with zero attached hydrogens (tertiary/aromatic N) is 1. The van der Waals surface area contributed by atoms with E-state index >= 15 is 0 Å². The standard InChI is InChI=1S/C23H22N4O3/c24-19(13-22(28)27-20-14-30-21-4-2-1-3-18(20)21)15-5-7-16(8-6-15)23(29)26-17-9-11-25-12-10-17/h1-12,19-20H,13-14,24H2,(H,27,28)(H,25,26,29)/t19-,20+/m0/s1. The Labute approximate surface area is 174 Å². The molecule has 2 amide bonds. The van der Waals surface area contributed by atoms with E-state index in [9.17, 15) is 9.59 Å². The van der Waals surface area contributed by atoms with Crippen molar-refractivity contribution in [2.24, 2.45) is 5.73 Å². The van der Waals surface area contributed by atoms with Gasteiger partial charge in [0.2, 0.25) is 5.91 Å². The number of amides is 2. The summed E-state index contributed by atoms with van der Waals surface area (Å²) in [6.07, 6.45) is 3.36. The highest BCUT2D eigenvalue weighted by atomic mass is 16.5. The lowest BCUT2D eigenvalue weighted by atomic mass is 10.0. The summed E-state index contributed by atoms with van der Waals surface area (Å²) in [5.41, 5.74) is 9.15. The summed E-state index contributed by atoms with van der Waals surface area (Å²) in [4.78, 5) is 28.7. The van der Waals surface area contributed by atoms with Crippen LogP contribution in [0, 0.1) is 0 Å². The summed E-state index contributed by atoms with van der Waals surface area (Å²) in [5, 5.41) is 5.78. The highest BCUT2D eigenvalue weighted by molar-refractivity contribution is 6.04. The van der Waals surface area contributed by atoms with Gasteiger partial charge < -0.3 is 21.1 Å². The lowest BCUT2D eigenvalue weighted by molar-refractivity contribution is -0.122. The van der Waals surface area contributed by atoms with Crippen molar-refractivity contribution in [1.82, 2.24) is 10.3 Å². The molecule has 0 spiro atoms. The maximum absolute atomic E-state index is 12.5. The summed E-state index contributed by atoms with van der Waals surface area (Å²) in [6, 6.07) is 17.4. The van der Waals surface area contributed by atoms with Crippen molar-refractivity contribution < 1.29 is 14.3 Å². The molecule has 1 aliphatic rings. The van der Waals surface area contributed by atoms with Gasteiger partial charge in [-0.3, -0.25) is 14.6 Å². The minimum atomic E-state index is -0.472. The van der Waals surface area contributed by atoms with Gasteiger partial charge in [0.15, 0.2) is 0 Å². The molecule has 1 aliphatic heterocycles. The Morgan fingerprint density at radius 1 is 1.07 bits per heavy atom. The largest absolute Gasteiger partial charge is 0.491 e. The number of benzene rings is 2. The van der Waals surface area contributed by atoms with Crippen molar-refractivity contribution in [3.63, 3.8) is 0 Å². The van der Waals surface area contributed by atoms with E-state index in [0.29, 0.717) is 17.9 Å². The smallest absolute Gasteiger partial charge is 0.255 e. The van der Waals surface area contributed by atoms with E-state index in [1.54, 1.807) is 48.8 Å². The Morgan fingerprint density at radius 3 is 2.57 bits per heavy atom. The van der Waals surface area contributed by atoms with Gasteiger partial charge in [0.25, 0.3) is 5.91 Å². The number of anilines is 1. The second-order valence-corrected chi connectivity index (χ2v) is 7.09. The van der Waals surface area contributed by atoms with E-state index in [4.69, 9.17) is 10.5 Å². The molecule has 0 aliphatic carbocycles. The number of pyridine rings is 1. The Morgan fingerprint density at radius 2 is 1.80 bits per heavy atom. The molecular weight excluding hydrogens is 380 g/mol. The van der Waals surface area contributed by atoms with Gasteiger partial charge in [-0.25, -0.2) is 0 Å². The molecule has 2 heterocycles. The maximum Gasteiger partial charge on any atom is 0.255 e. The summed E-state index contributed by atoms with van der Waals surface area (Å²) in [5.74, 6) is 0.430. The number of nitrogens with one attached hydrogen (secondary N) is 2. The lowest BCUT2D eigenvalue weighted by Gasteiger charge is -2.16. The average molecular weight is 402 g/mol. The van der Waals surface area contributed by atoms with Crippen LogP contribution in [0.25, 0.3) is 0 Å². The number of carbonyl (C=O) groups excluding carboxylic acids is 2. The first-order valence-electron chi connectivity index (χ1n) is 9.68. The van der Waals surface area contributed by atoms with Gasteiger partial charge in [-0.1, -0.05) is 30.3 Å². The van der Waals surface area contributed by atoms with Crippen LogP contribution in [0.5, 0.6) is 5.75 Å². The molecule has 152 valence electrons. The van der Waals surface area contributed by atoms with Crippen molar-refractivity contribution in [2.75, 3.05) is 11.9 Å². The van der Waals surface area contributed by atoms with Crippen molar-refractivity contribution in [3.05, 3.63) is 89.7 Å². The highest BCUT2D eigenvalue weighted by Crippen LogP contribution is 2.31. The van der Waals surface area contributed by atoms with Crippen LogP contribution < -0.4 is 21.1 Å². The minimum Gasteiger partial charge on any atom is -0.491 e. The number of nitrogens with two attached hydrogens (primary N) is 1. The van der Waals surface area contributed by atoms with Crippen molar-refractivity contribution in [1.29, 1.82) is 0 Å². The van der Waals surface area contributed by atoms with Gasteiger partial charge in [0.1, 0.15) is 12.4 Å². The third-order valence-corrected chi connectivity index (χ3v) is 4.98. The predicted molar refractivity (Wildman–Crippen MR) is 113 cm³/mol. The zero-order chi connectivity index (χ0) is 20.9. The van der Waals surface area contributed by atoms with E-state index in [2.05, 4.69) is 15.6 Å². The van der Waals surface area contributed by atoms with Crippen molar-refractivity contribution in [3.8, 4) is 5.75 Å². The van der Waals surface area contributed by atoms with Crippen LogP contribution in [-0.2, 0) is 4.79 Å². The van der Waals surface area contributed by atoms with E-state index in [1.807, 2.05) is 24.3 Å². The Bertz CT molecular complexity index is 1040. The Balaban J connectivity index is 1.33. The predicted octanol–water partition coefficient (Wildman–Crippen LogP) is 2.97. The molecule has 0 unspecified atom stereocenters. The van der Waals surface area contributed by atoms with Crippen LogP contribution in [-0.4, -0.2) is 23.4 Å². The van der Waals surface area contributed by atoms with Crippen LogP contribution in [0.3, 0.4) is 0 Å². The van der Waals surface area contributed by atoms with Gasteiger partial charge in [0.05, 0.1) is 6.04 Å². The molecule has 30 heavy (non-hydrogen) atoms. The molecule has 0 saturated heterocycles. The molecule has 7 heteroatoms. The number of hydrogen-bond acceptors (Lipinski definition) is 5. The molecule has 4 rings (SSSR count). The minimum absolute atomic E-state index is 0.140. The van der Waals surface area contributed by atoms with E-state index in [-0.39, 0.29) is 24.3 Å². The fourth-order valence-corrected chi connectivity index (χ4v) is 3.37. The first-order chi connectivity index (χ1) is 14.6. The molecular formula is C23H22N4O3. The summed E-state index contributed by atoms with van der Waals surface area (Å²) >= 11 is 0. The normalized spacial score (nSPS) is 15.6. The second-order valence-electron chi connectivity index (χ2n) is 7.09. The van der Waals surface area contributed by atoms with Crippen LogP contribution >= 0.6 is 0 Å². The number of ether oxygens (including phenoxy) is 1. The fraction of sp³-hybridized carbons (Fsp3) is 0.174. The first kappa shape index (κ1) is 19.6. The van der Waals surface area contributed by atoms with E-state index in [1.165, 1.54) is 0 Å². The van der Waals surface area contributed by atoms with Gasteiger partial charge >= 0.3 is 0 Å². The van der Waals surface area contributed by atoms with E-state index in [0.717, 1.165) is 16.9 Å². The SMILES string of the molecule is N[C@@H](CC(=O)N[C@@H]1COc2ccccc21)c1ccc(C(=O)Nc2ccncc2)cc1. The zero-order valence-electron chi connectivity index (χ0n) is 16.2. The van der Waals surface area contributed by atoms with Gasteiger partial charge in [-0.15, -0.1) is 0 Å². The number of para-hydroxylation sites is 1. The average Bonchev–Trinajstić information content (AvgIpc) is 3.17. The zero-order valence-corrected chi connectivity index (χ0v) is 16.2. The maximum atomic E-state index is 12.5. The summed E-state index contributed by atoms with van der Waals surface area (Å²) in [7, 11) is 0. The third kappa shape index (κ3) is 4.47. The van der Waals surface area contributed by atoms with Crippen LogP contribution in [0.4, 0.5) is 5.69 Å². The molecule has 3 aromatic rings. The Kier molecular flexibility index (Phi) is 5.72. The number of aromatic nitrogens is 1. The number of hydrogen-bond donors (Lipinski definition) is 3. The number of fused-ring (bicyclic) bond motifs is 1. The summed E-state index contributed by atoms with van der Waals surface area (Å²) in [6.45, 7) is 0.418. The molecule has 1 aromatic heterocycles. The van der Waals surface area contributed by atoms with Gasteiger partial charge in [0, 0.05) is 41.7 Å². The molecule has 0 saturated carbocycles. The Hall–Kier alpha value is -3.71. The molecule has 0 fully saturated rings. The third-order valence-electron chi connectivity index (χ3n) is 4.98. The monoisotopic (exact) mass is 402 g/mol. The number of carbonyl (C=O) groups is 2. The lowest BCUT2D eigenvalue weighted by Crippen LogP contribution is -2.31. The van der Waals surface area contributed by atoms with Gasteiger partial charge in [-0.2, -0.15) is 0 Å². The van der Waals surface area contributed by atoms with E-state index < -0.39 is 6.04 Å². The van der Waals surface area contributed by atoms with Crippen molar-refractivity contribution in [2.45, 2.75) is 18.5 Å². The van der Waals surface area contributed by atoms with Gasteiger partial charge in [-0.05, 0) is 35.9 Å².